The Bertz CT molecular complexity index is 728. The van der Waals surface area contributed by atoms with E-state index in [1.807, 2.05) is 0 Å². The van der Waals surface area contributed by atoms with E-state index in [9.17, 15) is 18.0 Å². The van der Waals surface area contributed by atoms with Crippen LogP contribution in [0.15, 0.2) is 24.4 Å². The minimum Gasteiger partial charge on any atom is -0.321 e. The van der Waals surface area contributed by atoms with Crippen LogP contribution in [0.5, 0.6) is 0 Å². The average Bonchev–Trinajstić information content (AvgIpc) is 2.84. The highest BCUT2D eigenvalue weighted by Gasteiger charge is 2.31. The summed E-state index contributed by atoms with van der Waals surface area (Å²) in [6.45, 7) is 1.62. The third-order valence-electron chi connectivity index (χ3n) is 2.79. The fourth-order valence-electron chi connectivity index (χ4n) is 1.69. The molecule has 0 aliphatic rings. The number of benzene rings is 1. The Morgan fingerprint density at radius 1 is 1.43 bits per heavy atom. The molecular formula is C13H9F3N4O. The lowest BCUT2D eigenvalue weighted by Gasteiger charge is -2.10. The molecule has 21 heavy (non-hydrogen) atoms. The van der Waals surface area contributed by atoms with Crippen LogP contribution in [0.2, 0.25) is 0 Å². The van der Waals surface area contributed by atoms with Crippen molar-refractivity contribution in [3.8, 4) is 6.07 Å². The van der Waals surface area contributed by atoms with Gasteiger partial charge in [0.25, 0.3) is 5.91 Å². The number of nitrogens with one attached hydrogen (secondary N) is 2. The Morgan fingerprint density at radius 3 is 2.67 bits per heavy atom. The second-order valence-corrected chi connectivity index (χ2v) is 4.23. The van der Waals surface area contributed by atoms with Gasteiger partial charge in [0.2, 0.25) is 0 Å². The number of aromatic nitrogens is 2. The van der Waals surface area contributed by atoms with Crippen molar-refractivity contribution in [2.75, 3.05) is 5.32 Å². The summed E-state index contributed by atoms with van der Waals surface area (Å²) in [7, 11) is 0. The minimum absolute atomic E-state index is 0.0103. The van der Waals surface area contributed by atoms with Crippen molar-refractivity contribution < 1.29 is 18.0 Å². The van der Waals surface area contributed by atoms with Crippen LogP contribution in [0.25, 0.3) is 0 Å². The van der Waals surface area contributed by atoms with Gasteiger partial charge in [-0.05, 0) is 25.1 Å². The number of anilines is 1. The van der Waals surface area contributed by atoms with E-state index < -0.39 is 17.6 Å². The summed E-state index contributed by atoms with van der Waals surface area (Å²) in [5.74, 6) is -0.558. The molecule has 5 nitrogen and oxygen atoms in total. The summed E-state index contributed by atoms with van der Waals surface area (Å²) in [4.78, 5) is 11.9. The van der Waals surface area contributed by atoms with Crippen LogP contribution < -0.4 is 5.32 Å². The number of aryl methyl sites for hydroxylation is 1. The Labute approximate surface area is 117 Å². The lowest BCUT2D eigenvalue weighted by atomic mass is 10.1. The van der Waals surface area contributed by atoms with Crippen LogP contribution in [-0.4, -0.2) is 16.1 Å². The smallest absolute Gasteiger partial charge is 0.321 e. The summed E-state index contributed by atoms with van der Waals surface area (Å²) in [6, 6.07) is 4.18. The molecule has 0 fully saturated rings. The van der Waals surface area contributed by atoms with Gasteiger partial charge in [0.15, 0.2) is 0 Å². The zero-order chi connectivity index (χ0) is 15.6. The molecule has 8 heteroatoms. The second-order valence-electron chi connectivity index (χ2n) is 4.23. The van der Waals surface area contributed by atoms with Gasteiger partial charge in [-0.3, -0.25) is 9.89 Å². The highest BCUT2D eigenvalue weighted by molar-refractivity contribution is 6.05. The van der Waals surface area contributed by atoms with Crippen LogP contribution in [0.4, 0.5) is 18.9 Å². The molecule has 0 bridgehead atoms. The molecular weight excluding hydrogens is 285 g/mol. The van der Waals surface area contributed by atoms with Gasteiger partial charge in [-0.25, -0.2) is 0 Å². The van der Waals surface area contributed by atoms with Crippen LogP contribution in [0, 0.1) is 18.3 Å². The molecule has 2 N–H and O–H groups in total. The number of hydrogen-bond donors (Lipinski definition) is 2. The maximum atomic E-state index is 12.6. The number of H-pyrrole nitrogens is 1. The summed E-state index contributed by atoms with van der Waals surface area (Å²) in [5.41, 5.74) is -0.441. The topological polar surface area (TPSA) is 81.6 Å². The largest absolute Gasteiger partial charge is 0.416 e. The first kappa shape index (κ1) is 14.6. The van der Waals surface area contributed by atoms with E-state index in [2.05, 4.69) is 15.5 Å². The molecule has 0 aliphatic heterocycles. The van der Waals surface area contributed by atoms with Crippen molar-refractivity contribution in [1.82, 2.24) is 10.2 Å². The highest BCUT2D eigenvalue weighted by atomic mass is 19.4. The number of rotatable bonds is 2. The SMILES string of the molecule is Cc1[nH]ncc1C(=O)Nc1ccc(C(F)(F)F)cc1C#N. The van der Waals surface area contributed by atoms with Crippen LogP contribution >= 0.6 is 0 Å². The van der Waals surface area contributed by atoms with Crippen LogP contribution in [-0.2, 0) is 6.18 Å². The molecule has 2 rings (SSSR count). The van der Waals surface area contributed by atoms with Crippen molar-refractivity contribution in [1.29, 1.82) is 5.26 Å². The fraction of sp³-hybridized carbons (Fsp3) is 0.154. The van der Waals surface area contributed by atoms with E-state index in [4.69, 9.17) is 5.26 Å². The number of amides is 1. The van der Waals surface area contributed by atoms with Gasteiger partial charge in [-0.1, -0.05) is 0 Å². The normalized spacial score (nSPS) is 11.0. The van der Waals surface area contributed by atoms with Gasteiger partial charge in [-0.2, -0.15) is 23.5 Å². The second kappa shape index (κ2) is 5.28. The van der Waals surface area contributed by atoms with E-state index in [1.54, 1.807) is 13.0 Å². The molecule has 0 atom stereocenters. The lowest BCUT2D eigenvalue weighted by molar-refractivity contribution is -0.137. The summed E-state index contributed by atoms with van der Waals surface area (Å²) >= 11 is 0. The molecule has 0 spiro atoms. The van der Waals surface area contributed by atoms with Crippen molar-refractivity contribution in [3.63, 3.8) is 0 Å². The lowest BCUT2D eigenvalue weighted by Crippen LogP contribution is -2.14. The fourth-order valence-corrected chi connectivity index (χ4v) is 1.69. The Balaban J connectivity index is 2.31. The predicted molar refractivity (Wildman–Crippen MR) is 67.4 cm³/mol. The van der Waals surface area contributed by atoms with Crippen molar-refractivity contribution in [3.05, 3.63) is 46.8 Å². The number of aromatic amines is 1. The van der Waals surface area contributed by atoms with E-state index in [-0.39, 0.29) is 16.8 Å². The third-order valence-corrected chi connectivity index (χ3v) is 2.79. The predicted octanol–water partition coefficient (Wildman–Crippen LogP) is 2.86. The molecule has 0 aliphatic carbocycles. The molecule has 0 radical (unpaired) electrons. The summed E-state index contributed by atoms with van der Waals surface area (Å²) in [6.07, 6.45) is -3.25. The summed E-state index contributed by atoms with van der Waals surface area (Å²) in [5, 5.41) is 17.6. The van der Waals surface area contributed by atoms with E-state index in [0.29, 0.717) is 11.8 Å². The zero-order valence-electron chi connectivity index (χ0n) is 10.7. The average molecular weight is 294 g/mol. The van der Waals surface area contributed by atoms with Crippen molar-refractivity contribution >= 4 is 11.6 Å². The minimum atomic E-state index is -4.55. The molecule has 108 valence electrons. The van der Waals surface area contributed by atoms with Crippen LogP contribution in [0.3, 0.4) is 0 Å². The zero-order valence-corrected chi connectivity index (χ0v) is 10.7. The van der Waals surface area contributed by atoms with Gasteiger partial charge in [0.05, 0.1) is 28.6 Å². The molecule has 1 aromatic carbocycles. The molecule has 1 amide bonds. The quantitative estimate of drug-likeness (QED) is 0.893. The number of carbonyl (C=O) groups excluding carboxylic acids is 1. The van der Waals surface area contributed by atoms with Crippen molar-refractivity contribution in [2.24, 2.45) is 0 Å². The van der Waals surface area contributed by atoms with E-state index in [0.717, 1.165) is 12.1 Å². The van der Waals surface area contributed by atoms with Crippen molar-refractivity contribution in [2.45, 2.75) is 13.1 Å². The Hall–Kier alpha value is -2.82. The maximum Gasteiger partial charge on any atom is 0.416 e. The Morgan fingerprint density at radius 2 is 2.14 bits per heavy atom. The third kappa shape index (κ3) is 3.02. The van der Waals surface area contributed by atoms with Gasteiger partial charge < -0.3 is 5.32 Å². The Kier molecular flexibility index (Phi) is 3.67. The summed E-state index contributed by atoms with van der Waals surface area (Å²) < 4.78 is 37.7. The standard InChI is InChI=1S/C13H9F3N4O/c1-7-10(6-18-20-7)12(21)19-11-3-2-9(13(14,15)16)4-8(11)5-17/h2-4,6H,1H3,(H,18,20)(H,19,21). The van der Waals surface area contributed by atoms with Gasteiger partial charge in [0, 0.05) is 5.69 Å². The first-order valence-corrected chi connectivity index (χ1v) is 5.75. The first-order valence-electron chi connectivity index (χ1n) is 5.75. The number of nitrogens with zero attached hydrogens (tertiary/aromatic N) is 2. The van der Waals surface area contributed by atoms with Gasteiger partial charge >= 0.3 is 6.18 Å². The molecule has 0 saturated carbocycles. The first-order chi connectivity index (χ1) is 9.82. The van der Waals surface area contributed by atoms with Gasteiger partial charge in [-0.15, -0.1) is 0 Å². The highest BCUT2D eigenvalue weighted by Crippen LogP contribution is 2.31. The molecule has 0 unspecified atom stereocenters. The van der Waals surface area contributed by atoms with Gasteiger partial charge in [0.1, 0.15) is 6.07 Å². The molecule has 0 saturated heterocycles. The molecule has 2 aromatic rings. The number of nitriles is 1. The number of hydrogen-bond acceptors (Lipinski definition) is 3. The monoisotopic (exact) mass is 294 g/mol. The maximum absolute atomic E-state index is 12.6. The van der Waals surface area contributed by atoms with E-state index in [1.165, 1.54) is 6.20 Å². The molecule has 1 aromatic heterocycles. The molecule has 1 heterocycles. The van der Waals surface area contributed by atoms with Crippen LogP contribution in [0.1, 0.15) is 27.2 Å². The number of carbonyl (C=O) groups is 1. The van der Waals surface area contributed by atoms with E-state index >= 15 is 0 Å². The number of halogens is 3. The number of alkyl halides is 3.